The van der Waals surface area contributed by atoms with Crippen LogP contribution in [0.2, 0.25) is 0 Å². The Morgan fingerprint density at radius 1 is 1.26 bits per heavy atom. The molecule has 0 aliphatic rings. The van der Waals surface area contributed by atoms with E-state index in [4.69, 9.17) is 0 Å². The third-order valence-electron chi connectivity index (χ3n) is 4.24. The van der Waals surface area contributed by atoms with Gasteiger partial charge in [-0.25, -0.2) is 19.3 Å². The van der Waals surface area contributed by atoms with Crippen molar-refractivity contribution in [1.82, 2.24) is 20.3 Å². The van der Waals surface area contributed by atoms with Gasteiger partial charge in [0.25, 0.3) is 5.91 Å². The van der Waals surface area contributed by atoms with E-state index in [0.717, 1.165) is 28.5 Å². The molecule has 6 nitrogen and oxygen atoms in total. The molecule has 0 spiro atoms. The van der Waals surface area contributed by atoms with Gasteiger partial charge in [-0.15, -0.1) is 11.3 Å². The number of carbonyl (C=O) groups is 1. The number of nitrogens with one attached hydrogen (secondary N) is 1. The number of benzene rings is 1. The zero-order valence-electron chi connectivity index (χ0n) is 14.9. The second-order valence-corrected chi connectivity index (χ2v) is 7.03. The van der Waals surface area contributed by atoms with Crippen molar-refractivity contribution in [3.8, 4) is 11.4 Å². The summed E-state index contributed by atoms with van der Waals surface area (Å²) in [5, 5.41) is 12.5. The van der Waals surface area contributed by atoms with Crippen molar-refractivity contribution in [2.24, 2.45) is 0 Å². The molecule has 0 radical (unpaired) electrons. The number of rotatable bonds is 6. The lowest BCUT2D eigenvalue weighted by molar-refractivity contribution is 0.0947. The molecule has 0 aliphatic heterocycles. The summed E-state index contributed by atoms with van der Waals surface area (Å²) in [6.07, 6.45) is 2.18. The molecular formula is C19H19FN4O2S. The van der Waals surface area contributed by atoms with Crippen molar-refractivity contribution >= 4 is 17.2 Å². The molecule has 140 valence electrons. The third-order valence-corrected chi connectivity index (χ3v) is 5.34. The SMILES string of the molecule is Cc1ccc(-c2ncc(F)cn2)cc1C(=O)NC[C@@H](CO)c1scnc1C. The van der Waals surface area contributed by atoms with Crippen molar-refractivity contribution in [3.63, 3.8) is 0 Å². The van der Waals surface area contributed by atoms with Crippen LogP contribution in [-0.2, 0) is 0 Å². The lowest BCUT2D eigenvalue weighted by Crippen LogP contribution is -2.30. The number of aryl methyl sites for hydroxylation is 2. The van der Waals surface area contributed by atoms with Gasteiger partial charge in [-0.2, -0.15) is 0 Å². The van der Waals surface area contributed by atoms with Crippen LogP contribution in [0, 0.1) is 19.7 Å². The zero-order chi connectivity index (χ0) is 19.4. The standard InChI is InChI=1S/C19H19FN4O2S/c1-11-3-4-13(18-21-7-15(20)8-22-18)5-16(11)19(26)23-6-14(9-25)17-12(2)24-10-27-17/h3-5,7-8,10,14,25H,6,9H2,1-2H3,(H,23,26)/t14-/m0/s1. The molecule has 0 fully saturated rings. The second-order valence-electron chi connectivity index (χ2n) is 6.15. The molecule has 0 saturated heterocycles. The smallest absolute Gasteiger partial charge is 0.251 e. The molecule has 0 bridgehead atoms. The first-order chi connectivity index (χ1) is 13.0. The first kappa shape index (κ1) is 19.1. The molecule has 3 rings (SSSR count). The van der Waals surface area contributed by atoms with Crippen LogP contribution in [0.1, 0.15) is 32.4 Å². The minimum atomic E-state index is -0.516. The van der Waals surface area contributed by atoms with E-state index >= 15 is 0 Å². The monoisotopic (exact) mass is 386 g/mol. The molecular weight excluding hydrogens is 367 g/mol. The van der Waals surface area contributed by atoms with Crippen LogP contribution < -0.4 is 5.32 Å². The van der Waals surface area contributed by atoms with Crippen molar-refractivity contribution in [3.05, 3.63) is 63.6 Å². The minimum Gasteiger partial charge on any atom is -0.396 e. The number of halogens is 1. The fourth-order valence-electron chi connectivity index (χ4n) is 2.72. The van der Waals surface area contributed by atoms with E-state index in [1.54, 1.807) is 23.7 Å². The first-order valence-electron chi connectivity index (χ1n) is 8.37. The van der Waals surface area contributed by atoms with Crippen LogP contribution in [0.25, 0.3) is 11.4 Å². The summed E-state index contributed by atoms with van der Waals surface area (Å²) >= 11 is 1.46. The number of carbonyl (C=O) groups excluding carboxylic acids is 1. The van der Waals surface area contributed by atoms with Crippen molar-refractivity contribution < 1.29 is 14.3 Å². The summed E-state index contributed by atoms with van der Waals surface area (Å²) in [5.41, 5.74) is 4.50. The lowest BCUT2D eigenvalue weighted by atomic mass is 10.0. The first-order valence-corrected chi connectivity index (χ1v) is 9.25. The normalized spacial score (nSPS) is 12.0. The van der Waals surface area contributed by atoms with Gasteiger partial charge >= 0.3 is 0 Å². The van der Waals surface area contributed by atoms with Crippen LogP contribution in [0.5, 0.6) is 0 Å². The Labute approximate surface area is 160 Å². The number of aliphatic hydroxyl groups excluding tert-OH is 1. The second kappa shape index (κ2) is 8.32. The van der Waals surface area contributed by atoms with E-state index in [9.17, 15) is 14.3 Å². The van der Waals surface area contributed by atoms with E-state index in [1.165, 1.54) is 11.3 Å². The Kier molecular flexibility index (Phi) is 5.88. The summed E-state index contributed by atoms with van der Waals surface area (Å²) in [4.78, 5) is 25.7. The summed E-state index contributed by atoms with van der Waals surface area (Å²) in [6.45, 7) is 3.94. The maximum absolute atomic E-state index is 13.0. The molecule has 1 amide bonds. The third kappa shape index (κ3) is 4.35. The van der Waals surface area contributed by atoms with Crippen LogP contribution in [0.15, 0.2) is 36.1 Å². The summed E-state index contributed by atoms with van der Waals surface area (Å²) in [5.74, 6) is -0.626. The largest absolute Gasteiger partial charge is 0.396 e. The number of aliphatic hydroxyl groups is 1. The predicted molar refractivity (Wildman–Crippen MR) is 101 cm³/mol. The molecule has 0 unspecified atom stereocenters. The number of aromatic nitrogens is 3. The van der Waals surface area contributed by atoms with E-state index in [1.807, 2.05) is 13.8 Å². The van der Waals surface area contributed by atoms with Gasteiger partial charge in [-0.1, -0.05) is 12.1 Å². The highest BCUT2D eigenvalue weighted by atomic mass is 32.1. The Balaban J connectivity index is 1.77. The van der Waals surface area contributed by atoms with Crippen molar-refractivity contribution in [1.29, 1.82) is 0 Å². The number of hydrogen-bond donors (Lipinski definition) is 2. The average molecular weight is 386 g/mol. The Morgan fingerprint density at radius 3 is 2.63 bits per heavy atom. The average Bonchev–Trinajstić information content (AvgIpc) is 3.09. The number of thiazole rings is 1. The Morgan fingerprint density at radius 2 is 2.00 bits per heavy atom. The van der Waals surface area contributed by atoms with Gasteiger partial charge in [0.2, 0.25) is 0 Å². The van der Waals surface area contributed by atoms with E-state index < -0.39 is 5.82 Å². The minimum absolute atomic E-state index is 0.0776. The molecule has 0 aliphatic carbocycles. The van der Waals surface area contributed by atoms with Gasteiger partial charge in [0, 0.05) is 28.5 Å². The summed E-state index contributed by atoms with van der Waals surface area (Å²) in [6, 6.07) is 5.27. The highest BCUT2D eigenvalue weighted by Crippen LogP contribution is 2.23. The molecule has 3 aromatic rings. The fraction of sp³-hybridized carbons (Fsp3) is 0.263. The maximum Gasteiger partial charge on any atom is 0.251 e. The van der Waals surface area contributed by atoms with Gasteiger partial charge in [-0.3, -0.25) is 4.79 Å². The number of hydrogen-bond acceptors (Lipinski definition) is 6. The molecule has 27 heavy (non-hydrogen) atoms. The highest BCUT2D eigenvalue weighted by molar-refractivity contribution is 7.09. The van der Waals surface area contributed by atoms with Crippen molar-refractivity contribution in [2.45, 2.75) is 19.8 Å². The van der Waals surface area contributed by atoms with E-state index in [0.29, 0.717) is 23.5 Å². The predicted octanol–water partition coefficient (Wildman–Crippen LogP) is 2.86. The summed E-state index contributed by atoms with van der Waals surface area (Å²) in [7, 11) is 0. The lowest BCUT2D eigenvalue weighted by Gasteiger charge is -2.15. The number of amides is 1. The molecule has 8 heteroatoms. The quantitative estimate of drug-likeness (QED) is 0.680. The van der Waals surface area contributed by atoms with Gasteiger partial charge in [-0.05, 0) is 25.5 Å². The molecule has 2 N–H and O–H groups in total. The molecule has 1 aromatic carbocycles. The van der Waals surface area contributed by atoms with Gasteiger partial charge in [0.15, 0.2) is 11.6 Å². The van der Waals surface area contributed by atoms with Gasteiger partial charge in [0.1, 0.15) is 0 Å². The Bertz CT molecular complexity index is 943. The maximum atomic E-state index is 13.0. The van der Waals surface area contributed by atoms with Crippen LogP contribution >= 0.6 is 11.3 Å². The Hall–Kier alpha value is -2.71. The van der Waals surface area contributed by atoms with Gasteiger partial charge < -0.3 is 10.4 Å². The van der Waals surface area contributed by atoms with Crippen LogP contribution in [-0.4, -0.2) is 39.1 Å². The van der Waals surface area contributed by atoms with Gasteiger partial charge in [0.05, 0.1) is 30.2 Å². The molecule has 2 heterocycles. The van der Waals surface area contributed by atoms with E-state index in [-0.39, 0.29) is 18.4 Å². The highest BCUT2D eigenvalue weighted by Gasteiger charge is 2.18. The summed E-state index contributed by atoms with van der Waals surface area (Å²) < 4.78 is 13.0. The van der Waals surface area contributed by atoms with Crippen LogP contribution in [0.4, 0.5) is 4.39 Å². The topological polar surface area (TPSA) is 88.0 Å². The molecule has 0 saturated carbocycles. The van der Waals surface area contributed by atoms with Crippen LogP contribution in [0.3, 0.4) is 0 Å². The number of nitrogens with zero attached hydrogens (tertiary/aromatic N) is 3. The molecule has 1 atom stereocenters. The zero-order valence-corrected chi connectivity index (χ0v) is 15.8. The fourth-order valence-corrected chi connectivity index (χ4v) is 3.62. The van der Waals surface area contributed by atoms with Crippen molar-refractivity contribution in [2.75, 3.05) is 13.2 Å². The molecule has 2 aromatic heterocycles. The van der Waals surface area contributed by atoms with E-state index in [2.05, 4.69) is 20.3 Å².